The molecule has 1 saturated carbocycles. The van der Waals surface area contributed by atoms with Crippen molar-refractivity contribution in [2.45, 2.75) is 61.8 Å². The number of rotatable bonds is 4. The number of nitrogens with zero attached hydrogens (tertiary/aromatic N) is 2. The van der Waals surface area contributed by atoms with Crippen molar-refractivity contribution in [3.8, 4) is 11.5 Å². The third kappa shape index (κ3) is 2.57. The van der Waals surface area contributed by atoms with Crippen LogP contribution < -0.4 is 4.74 Å². The van der Waals surface area contributed by atoms with Gasteiger partial charge >= 0.3 is 0 Å². The Morgan fingerprint density at radius 1 is 1.35 bits per heavy atom. The molecule has 1 aromatic heterocycles. The first kappa shape index (κ1) is 21.7. The average Bonchev–Trinajstić information content (AvgIpc) is 3.47. The SMILES string of the molecule is CC[C@H]1C[C@H](N(C)C(=O)/C=C/c2ccoc2)[C@@H]2Oc3c(O)ccc4c3[C@@]23CCN(C)[C@H](C4)[C@]13O. The molecule has 2 N–H and O–H groups in total. The number of aromatic hydroxyl groups is 1. The Morgan fingerprint density at radius 2 is 2.18 bits per heavy atom. The molecule has 180 valence electrons. The number of likely N-dealkylation sites (tertiary alicyclic amines) is 1. The van der Waals surface area contributed by atoms with Crippen molar-refractivity contribution in [1.82, 2.24) is 9.80 Å². The summed E-state index contributed by atoms with van der Waals surface area (Å²) in [5.41, 5.74) is 1.30. The summed E-state index contributed by atoms with van der Waals surface area (Å²) in [5.74, 6) is 0.496. The number of furan rings is 1. The minimum atomic E-state index is -0.988. The number of piperidine rings is 1. The standard InChI is InChI=1S/C27H32N2O5/c1-4-18-14-19(29(3)22(31)8-5-16-9-12-33-15-16)25-26-10-11-28(2)21(27(18,26)32)13-17-6-7-20(30)24(34-25)23(17)26/h5-9,12,15,18-19,21,25,30,32H,4,10-11,13-14H2,1-3H3/b8-5+/t18-,19-,21+,25-,26-,27+/m0/s1. The number of carbonyl (C=O) groups is 1. The molecule has 4 aliphatic rings. The van der Waals surface area contributed by atoms with Gasteiger partial charge in [-0.25, -0.2) is 0 Å². The number of phenols is 1. The molecule has 2 aliphatic carbocycles. The zero-order valence-corrected chi connectivity index (χ0v) is 19.9. The number of benzene rings is 1. The van der Waals surface area contributed by atoms with Gasteiger partial charge in [0, 0.05) is 30.3 Å². The first-order valence-corrected chi connectivity index (χ1v) is 12.2. The van der Waals surface area contributed by atoms with Crippen LogP contribution in [0.25, 0.3) is 6.08 Å². The maximum Gasteiger partial charge on any atom is 0.246 e. The minimum absolute atomic E-state index is 0.000322. The molecule has 6 atom stereocenters. The van der Waals surface area contributed by atoms with Crippen molar-refractivity contribution in [3.05, 3.63) is 53.5 Å². The van der Waals surface area contributed by atoms with Crippen LogP contribution in [-0.2, 0) is 16.6 Å². The van der Waals surface area contributed by atoms with Crippen LogP contribution in [0.5, 0.6) is 11.5 Å². The summed E-state index contributed by atoms with van der Waals surface area (Å²) in [6.45, 7) is 2.96. The molecular formula is C27H32N2O5. The van der Waals surface area contributed by atoms with Gasteiger partial charge in [-0.2, -0.15) is 0 Å². The normalized spacial score (nSPS) is 35.8. The lowest BCUT2D eigenvalue weighted by Crippen LogP contribution is -2.80. The summed E-state index contributed by atoms with van der Waals surface area (Å²) < 4.78 is 11.7. The second kappa shape index (κ2) is 7.36. The van der Waals surface area contributed by atoms with Crippen LogP contribution >= 0.6 is 0 Å². The fourth-order valence-electron chi connectivity index (χ4n) is 7.61. The van der Waals surface area contributed by atoms with Crippen molar-refractivity contribution in [3.63, 3.8) is 0 Å². The first-order chi connectivity index (χ1) is 16.3. The molecule has 1 spiro atoms. The van der Waals surface area contributed by atoms with Gasteiger partial charge in [0.2, 0.25) is 5.91 Å². The fraction of sp³-hybridized carbons (Fsp3) is 0.519. The summed E-state index contributed by atoms with van der Waals surface area (Å²) >= 11 is 0. The molecule has 7 nitrogen and oxygen atoms in total. The smallest absolute Gasteiger partial charge is 0.246 e. The molecule has 0 radical (unpaired) electrons. The number of carbonyl (C=O) groups excluding carboxylic acids is 1. The summed E-state index contributed by atoms with van der Waals surface area (Å²) in [6.07, 6.45) is 8.98. The number of likely N-dealkylation sites (N-methyl/N-ethyl adjacent to an activating group) is 2. The Labute approximate surface area is 199 Å². The van der Waals surface area contributed by atoms with Gasteiger partial charge in [-0.15, -0.1) is 0 Å². The number of hydrogen-bond acceptors (Lipinski definition) is 6. The summed E-state index contributed by atoms with van der Waals surface area (Å²) in [5, 5.41) is 23.4. The van der Waals surface area contributed by atoms with Crippen LogP contribution in [0.4, 0.5) is 0 Å². The average molecular weight is 465 g/mol. The summed E-state index contributed by atoms with van der Waals surface area (Å²) in [7, 11) is 3.92. The van der Waals surface area contributed by atoms with Crippen LogP contribution in [0.1, 0.15) is 42.9 Å². The van der Waals surface area contributed by atoms with E-state index in [0.717, 1.165) is 42.5 Å². The van der Waals surface area contributed by atoms with E-state index in [1.807, 2.05) is 13.1 Å². The van der Waals surface area contributed by atoms with Crippen molar-refractivity contribution in [2.75, 3.05) is 20.6 Å². The predicted molar refractivity (Wildman–Crippen MR) is 127 cm³/mol. The first-order valence-electron chi connectivity index (χ1n) is 12.2. The molecule has 0 unspecified atom stereocenters. The third-order valence-corrected chi connectivity index (χ3v) is 9.22. The van der Waals surface area contributed by atoms with Gasteiger partial charge in [-0.05, 0) is 62.5 Å². The predicted octanol–water partition coefficient (Wildman–Crippen LogP) is 2.95. The van der Waals surface area contributed by atoms with Crippen LogP contribution in [0.15, 0.2) is 41.2 Å². The van der Waals surface area contributed by atoms with Crippen LogP contribution in [0.2, 0.25) is 0 Å². The highest BCUT2D eigenvalue weighted by atomic mass is 16.5. The zero-order valence-electron chi connectivity index (χ0n) is 19.9. The number of amides is 1. The topological polar surface area (TPSA) is 86.4 Å². The van der Waals surface area contributed by atoms with Crippen LogP contribution in [0, 0.1) is 5.92 Å². The van der Waals surface area contributed by atoms with E-state index < -0.39 is 17.1 Å². The quantitative estimate of drug-likeness (QED) is 0.677. The molecular weight excluding hydrogens is 432 g/mol. The number of hydrogen-bond donors (Lipinski definition) is 2. The minimum Gasteiger partial charge on any atom is -0.504 e. The van der Waals surface area contributed by atoms with Gasteiger partial charge in [0.25, 0.3) is 0 Å². The van der Waals surface area contributed by atoms with Gasteiger partial charge in [0.15, 0.2) is 11.5 Å². The van der Waals surface area contributed by atoms with E-state index in [9.17, 15) is 15.0 Å². The lowest BCUT2D eigenvalue weighted by molar-refractivity contribution is -0.224. The van der Waals surface area contributed by atoms with E-state index in [1.165, 1.54) is 0 Å². The Balaban J connectivity index is 1.47. The van der Waals surface area contributed by atoms with Gasteiger partial charge in [0.1, 0.15) is 6.10 Å². The lowest BCUT2D eigenvalue weighted by atomic mass is 9.45. The van der Waals surface area contributed by atoms with Crippen LogP contribution in [0.3, 0.4) is 0 Å². The van der Waals surface area contributed by atoms with E-state index >= 15 is 0 Å². The number of ether oxygens (including phenoxy) is 1. The third-order valence-electron chi connectivity index (χ3n) is 9.22. The van der Waals surface area contributed by atoms with E-state index in [1.54, 1.807) is 41.7 Å². The maximum absolute atomic E-state index is 13.3. The molecule has 34 heavy (non-hydrogen) atoms. The van der Waals surface area contributed by atoms with Gasteiger partial charge in [0.05, 0.1) is 29.6 Å². The van der Waals surface area contributed by atoms with Crippen molar-refractivity contribution in [1.29, 1.82) is 0 Å². The van der Waals surface area contributed by atoms with Crippen molar-refractivity contribution >= 4 is 12.0 Å². The fourth-order valence-corrected chi connectivity index (χ4v) is 7.61. The highest BCUT2D eigenvalue weighted by Gasteiger charge is 2.75. The van der Waals surface area contributed by atoms with Crippen molar-refractivity contribution in [2.24, 2.45) is 5.92 Å². The Morgan fingerprint density at radius 3 is 2.91 bits per heavy atom. The molecule has 7 heteroatoms. The van der Waals surface area contributed by atoms with Gasteiger partial charge < -0.3 is 29.2 Å². The second-order valence-electron chi connectivity index (χ2n) is 10.5. The molecule has 6 rings (SSSR count). The maximum atomic E-state index is 13.3. The van der Waals surface area contributed by atoms with E-state index in [2.05, 4.69) is 18.9 Å². The molecule has 1 saturated heterocycles. The summed E-state index contributed by atoms with van der Waals surface area (Å²) in [4.78, 5) is 17.3. The number of aliphatic hydroxyl groups is 1. The Kier molecular flexibility index (Phi) is 4.71. The second-order valence-corrected chi connectivity index (χ2v) is 10.5. The highest BCUT2D eigenvalue weighted by Crippen LogP contribution is 2.67. The van der Waals surface area contributed by atoms with Crippen LogP contribution in [-0.4, -0.2) is 70.3 Å². The van der Waals surface area contributed by atoms with Gasteiger partial charge in [-0.1, -0.05) is 19.4 Å². The lowest BCUT2D eigenvalue weighted by Gasteiger charge is -2.66. The van der Waals surface area contributed by atoms with Gasteiger partial charge in [-0.3, -0.25) is 4.79 Å². The van der Waals surface area contributed by atoms with E-state index in [0.29, 0.717) is 12.2 Å². The molecule has 3 heterocycles. The van der Waals surface area contributed by atoms with E-state index in [-0.39, 0.29) is 29.7 Å². The molecule has 2 aliphatic heterocycles. The largest absolute Gasteiger partial charge is 0.504 e. The molecule has 1 amide bonds. The monoisotopic (exact) mass is 464 g/mol. The Hall–Kier alpha value is -2.77. The number of phenolic OH excluding ortho intramolecular Hbond substituents is 1. The van der Waals surface area contributed by atoms with Crippen molar-refractivity contribution < 1.29 is 24.2 Å². The Bertz CT molecular complexity index is 1160. The molecule has 2 bridgehead atoms. The molecule has 2 fully saturated rings. The molecule has 2 aromatic rings. The zero-order chi connectivity index (χ0) is 23.8. The summed E-state index contributed by atoms with van der Waals surface area (Å²) in [6, 6.07) is 5.24. The highest BCUT2D eigenvalue weighted by molar-refractivity contribution is 5.92. The molecule has 1 aromatic carbocycles. The van der Waals surface area contributed by atoms with E-state index in [4.69, 9.17) is 9.15 Å².